The van der Waals surface area contributed by atoms with Crippen LogP contribution in [0, 0.1) is 0 Å². The quantitative estimate of drug-likeness (QED) is 0.563. The molecule has 1 aliphatic heterocycles. The molecule has 2 heteroatoms. The average Bonchev–Trinajstić information content (AvgIpc) is 2.12. The van der Waals surface area contributed by atoms with Gasteiger partial charge in [0.15, 0.2) is 0 Å². The van der Waals surface area contributed by atoms with Gasteiger partial charge in [0.25, 0.3) is 5.91 Å². The standard InChI is InChI=1S/C11H13NO.H2/c1-7-4-3-5-9-8(2)11(13)12-6-10(7)9;/h4H,2-3,5-6H2,1H3,(H,12,13);1H. The highest BCUT2D eigenvalue weighted by atomic mass is 16.1. The maximum absolute atomic E-state index is 11.3. The van der Waals surface area contributed by atoms with Gasteiger partial charge in [-0.1, -0.05) is 12.7 Å². The predicted molar refractivity (Wildman–Crippen MR) is 54.3 cm³/mol. The summed E-state index contributed by atoms with van der Waals surface area (Å²) < 4.78 is 0. The highest BCUT2D eigenvalue weighted by Gasteiger charge is 2.23. The van der Waals surface area contributed by atoms with E-state index in [4.69, 9.17) is 0 Å². The van der Waals surface area contributed by atoms with Crippen molar-refractivity contribution < 1.29 is 6.22 Å². The van der Waals surface area contributed by atoms with Crippen molar-refractivity contribution in [3.05, 3.63) is 34.9 Å². The third-order valence-corrected chi connectivity index (χ3v) is 2.75. The van der Waals surface area contributed by atoms with Gasteiger partial charge in [-0.2, -0.15) is 0 Å². The van der Waals surface area contributed by atoms with Crippen molar-refractivity contribution in [3.8, 4) is 0 Å². The number of hydrogen-bond donors (Lipinski definition) is 1. The van der Waals surface area contributed by atoms with Gasteiger partial charge in [0.2, 0.25) is 0 Å². The minimum absolute atomic E-state index is 0. The molecule has 0 unspecified atom stereocenters. The first-order valence-electron chi connectivity index (χ1n) is 4.57. The fraction of sp³-hybridized carbons (Fsp3) is 0.364. The van der Waals surface area contributed by atoms with Crippen molar-refractivity contribution in [2.24, 2.45) is 0 Å². The first-order chi connectivity index (χ1) is 6.20. The number of allylic oxidation sites excluding steroid dienone is 1. The zero-order valence-corrected chi connectivity index (χ0v) is 7.81. The lowest BCUT2D eigenvalue weighted by atomic mass is 9.85. The molecule has 0 aromatic carbocycles. The number of rotatable bonds is 0. The van der Waals surface area contributed by atoms with E-state index in [2.05, 4.69) is 24.9 Å². The van der Waals surface area contributed by atoms with Gasteiger partial charge in [0.1, 0.15) is 0 Å². The number of amides is 1. The molecular formula is C11H15NO. The third kappa shape index (κ3) is 1.22. The van der Waals surface area contributed by atoms with E-state index < -0.39 is 0 Å². The van der Waals surface area contributed by atoms with E-state index in [0.29, 0.717) is 12.1 Å². The van der Waals surface area contributed by atoms with Crippen LogP contribution in [0.1, 0.15) is 21.2 Å². The third-order valence-electron chi connectivity index (χ3n) is 2.75. The van der Waals surface area contributed by atoms with Crippen LogP contribution in [0.4, 0.5) is 0 Å². The van der Waals surface area contributed by atoms with Crippen LogP contribution in [0.5, 0.6) is 0 Å². The van der Waals surface area contributed by atoms with Crippen LogP contribution < -0.4 is 5.32 Å². The maximum atomic E-state index is 11.3. The van der Waals surface area contributed by atoms with E-state index in [1.807, 2.05) is 0 Å². The molecule has 13 heavy (non-hydrogen) atoms. The van der Waals surface area contributed by atoms with Gasteiger partial charge in [0.05, 0.1) is 0 Å². The molecule has 1 amide bonds. The predicted octanol–water partition coefficient (Wildman–Crippen LogP) is 1.96. The van der Waals surface area contributed by atoms with E-state index >= 15 is 0 Å². The highest BCUT2D eigenvalue weighted by Crippen LogP contribution is 2.31. The van der Waals surface area contributed by atoms with E-state index in [1.54, 1.807) is 0 Å². The molecule has 0 radical (unpaired) electrons. The number of carbonyl (C=O) groups excluding carboxylic acids is 1. The Labute approximate surface area is 79.5 Å². The second-order valence-electron chi connectivity index (χ2n) is 3.54. The molecule has 1 aliphatic carbocycles. The lowest BCUT2D eigenvalue weighted by Gasteiger charge is -2.26. The molecule has 70 valence electrons. The highest BCUT2D eigenvalue weighted by molar-refractivity contribution is 5.99. The minimum Gasteiger partial charge on any atom is -0.348 e. The van der Waals surface area contributed by atoms with Crippen LogP contribution in [-0.4, -0.2) is 12.5 Å². The van der Waals surface area contributed by atoms with Crippen molar-refractivity contribution in [2.75, 3.05) is 6.54 Å². The van der Waals surface area contributed by atoms with Crippen molar-refractivity contribution in [3.63, 3.8) is 0 Å². The second kappa shape index (κ2) is 2.87. The molecule has 0 atom stereocenters. The Bertz CT molecular complexity index is 352. The largest absolute Gasteiger partial charge is 0.348 e. The van der Waals surface area contributed by atoms with Gasteiger partial charge in [0, 0.05) is 13.5 Å². The first kappa shape index (κ1) is 8.30. The minimum atomic E-state index is -0.00606. The lowest BCUT2D eigenvalue weighted by molar-refractivity contribution is -0.117. The summed E-state index contributed by atoms with van der Waals surface area (Å²) in [5.41, 5.74) is 4.40. The Kier molecular flexibility index (Phi) is 1.83. The van der Waals surface area contributed by atoms with Crippen LogP contribution in [0.2, 0.25) is 0 Å². The Balaban J connectivity index is 0.000000980. The SMILES string of the molecule is C=C1C(=O)NCC2=C1CCC=C2C.[HH]. The summed E-state index contributed by atoms with van der Waals surface area (Å²) in [6.07, 6.45) is 4.24. The Morgan fingerprint density at radius 2 is 2.31 bits per heavy atom. The molecule has 0 aromatic heterocycles. The zero-order valence-electron chi connectivity index (χ0n) is 7.81. The van der Waals surface area contributed by atoms with E-state index in [-0.39, 0.29) is 7.33 Å². The monoisotopic (exact) mass is 177 g/mol. The molecule has 2 rings (SSSR count). The fourth-order valence-corrected chi connectivity index (χ4v) is 1.94. The summed E-state index contributed by atoms with van der Waals surface area (Å²) in [7, 11) is 0. The van der Waals surface area contributed by atoms with E-state index in [9.17, 15) is 4.79 Å². The summed E-state index contributed by atoms with van der Waals surface area (Å²) in [5.74, 6) is -0.00606. The van der Waals surface area contributed by atoms with E-state index in [1.165, 1.54) is 16.7 Å². The second-order valence-corrected chi connectivity index (χ2v) is 3.54. The number of nitrogens with one attached hydrogen (secondary N) is 1. The van der Waals surface area contributed by atoms with Crippen LogP contribution in [-0.2, 0) is 4.79 Å². The summed E-state index contributed by atoms with van der Waals surface area (Å²) in [5, 5.41) is 2.82. The molecule has 2 nitrogen and oxygen atoms in total. The van der Waals surface area contributed by atoms with E-state index in [0.717, 1.165) is 12.8 Å². The summed E-state index contributed by atoms with van der Waals surface area (Å²) >= 11 is 0. The lowest BCUT2D eigenvalue weighted by Crippen LogP contribution is -2.33. The molecule has 0 aromatic rings. The fourth-order valence-electron chi connectivity index (χ4n) is 1.94. The smallest absolute Gasteiger partial charge is 0.251 e. The first-order valence-corrected chi connectivity index (χ1v) is 4.57. The summed E-state index contributed by atoms with van der Waals surface area (Å²) in [4.78, 5) is 11.3. The Morgan fingerprint density at radius 3 is 3.08 bits per heavy atom. The molecular weight excluding hydrogens is 162 g/mol. The maximum Gasteiger partial charge on any atom is 0.251 e. The number of carbonyl (C=O) groups is 1. The van der Waals surface area contributed by atoms with Crippen LogP contribution >= 0.6 is 0 Å². The Hall–Kier alpha value is -1.31. The molecule has 0 saturated heterocycles. The summed E-state index contributed by atoms with van der Waals surface area (Å²) in [6, 6.07) is 0. The van der Waals surface area contributed by atoms with Crippen molar-refractivity contribution in [1.82, 2.24) is 5.32 Å². The average molecular weight is 177 g/mol. The molecule has 0 saturated carbocycles. The van der Waals surface area contributed by atoms with Crippen LogP contribution in [0.25, 0.3) is 0 Å². The van der Waals surface area contributed by atoms with Crippen LogP contribution in [0.3, 0.4) is 0 Å². The van der Waals surface area contributed by atoms with Crippen molar-refractivity contribution in [1.29, 1.82) is 0 Å². The molecule has 0 spiro atoms. The van der Waals surface area contributed by atoms with Crippen molar-refractivity contribution in [2.45, 2.75) is 19.8 Å². The molecule has 0 fully saturated rings. The zero-order chi connectivity index (χ0) is 9.42. The van der Waals surface area contributed by atoms with Crippen molar-refractivity contribution >= 4 is 5.91 Å². The van der Waals surface area contributed by atoms with Gasteiger partial charge in [-0.3, -0.25) is 4.79 Å². The topological polar surface area (TPSA) is 29.1 Å². The van der Waals surface area contributed by atoms with Gasteiger partial charge in [-0.15, -0.1) is 0 Å². The van der Waals surface area contributed by atoms with Gasteiger partial charge < -0.3 is 5.32 Å². The van der Waals surface area contributed by atoms with Gasteiger partial charge in [-0.25, -0.2) is 0 Å². The van der Waals surface area contributed by atoms with Gasteiger partial charge in [-0.05, 0) is 36.5 Å². The number of hydrogen-bond acceptors (Lipinski definition) is 1. The Morgan fingerprint density at radius 1 is 1.54 bits per heavy atom. The molecule has 1 N–H and O–H groups in total. The van der Waals surface area contributed by atoms with Crippen LogP contribution in [0.15, 0.2) is 34.9 Å². The molecule has 1 heterocycles. The summed E-state index contributed by atoms with van der Waals surface area (Å²) in [6.45, 7) is 6.59. The molecule has 0 bridgehead atoms. The van der Waals surface area contributed by atoms with Gasteiger partial charge >= 0.3 is 0 Å². The molecule has 2 aliphatic rings. The normalized spacial score (nSPS) is 22.4.